The molecule has 1 aliphatic heterocycles. The van der Waals surface area contributed by atoms with Gasteiger partial charge in [-0.1, -0.05) is 49.1 Å². The molecule has 9 heteroatoms. The van der Waals surface area contributed by atoms with E-state index >= 15 is 0 Å². The van der Waals surface area contributed by atoms with E-state index in [-0.39, 0.29) is 24.2 Å². The van der Waals surface area contributed by atoms with Crippen LogP contribution in [0.3, 0.4) is 0 Å². The third-order valence-electron chi connectivity index (χ3n) is 5.86. The number of amides is 1. The molecule has 176 valence electrons. The zero-order chi connectivity index (χ0) is 24.4. The van der Waals surface area contributed by atoms with Crippen LogP contribution < -0.4 is 14.8 Å². The molecule has 0 spiro atoms. The van der Waals surface area contributed by atoms with Gasteiger partial charge >= 0.3 is 0 Å². The summed E-state index contributed by atoms with van der Waals surface area (Å²) in [6.07, 6.45) is 3.55. The second kappa shape index (κ2) is 9.38. The molecule has 1 N–H and O–H groups in total. The van der Waals surface area contributed by atoms with E-state index in [9.17, 15) is 4.79 Å². The highest BCUT2D eigenvalue weighted by Gasteiger charge is 2.33. The first kappa shape index (κ1) is 22.3. The fourth-order valence-electron chi connectivity index (χ4n) is 4.28. The van der Waals surface area contributed by atoms with E-state index in [1.165, 1.54) is 0 Å². The Kier molecular flexibility index (Phi) is 5.97. The zero-order valence-electron chi connectivity index (χ0n) is 19.4. The van der Waals surface area contributed by atoms with E-state index in [0.717, 1.165) is 22.4 Å². The minimum absolute atomic E-state index is 0.125. The van der Waals surface area contributed by atoms with Gasteiger partial charge in [0.15, 0.2) is 11.5 Å². The van der Waals surface area contributed by atoms with Gasteiger partial charge in [-0.2, -0.15) is 14.9 Å². The van der Waals surface area contributed by atoms with Crippen LogP contribution in [0.25, 0.3) is 17.2 Å². The first-order valence-electron chi connectivity index (χ1n) is 11.2. The molecule has 1 aliphatic rings. The largest absolute Gasteiger partial charge is 0.493 e. The van der Waals surface area contributed by atoms with Crippen LogP contribution in [-0.2, 0) is 4.79 Å². The van der Waals surface area contributed by atoms with Crippen molar-refractivity contribution in [3.8, 4) is 28.7 Å². The Morgan fingerprint density at radius 3 is 2.80 bits per heavy atom. The molecular weight excluding hydrogens is 444 g/mol. The maximum Gasteiger partial charge on any atom is 0.272 e. The number of hydrogen-bond donors (Lipinski definition) is 1. The summed E-state index contributed by atoms with van der Waals surface area (Å²) in [5.41, 5.74) is 4.16. The summed E-state index contributed by atoms with van der Waals surface area (Å²) < 4.78 is 12.8. The minimum atomic E-state index is -0.227. The van der Waals surface area contributed by atoms with Gasteiger partial charge in [0, 0.05) is 23.5 Å². The molecule has 0 radical (unpaired) electrons. The SMILES string of the molecule is C=CCOc1cc([C@H]2CC(=O)Nc3c2c(C)nn3-c2nncc(-c3ccccc3)n2)ccc1OC. The number of nitrogens with one attached hydrogen (secondary N) is 1. The van der Waals surface area contributed by atoms with E-state index in [1.54, 1.807) is 24.1 Å². The van der Waals surface area contributed by atoms with Crippen molar-refractivity contribution in [2.24, 2.45) is 0 Å². The molecular formula is C26H24N6O3. The predicted octanol–water partition coefficient (Wildman–Crippen LogP) is 4.08. The maximum atomic E-state index is 12.8. The van der Waals surface area contributed by atoms with Gasteiger partial charge in [-0.25, -0.2) is 4.98 Å². The minimum Gasteiger partial charge on any atom is -0.493 e. The Labute approximate surface area is 202 Å². The van der Waals surface area contributed by atoms with Crippen molar-refractivity contribution < 1.29 is 14.3 Å². The van der Waals surface area contributed by atoms with E-state index in [4.69, 9.17) is 9.47 Å². The Bertz CT molecular complexity index is 1400. The van der Waals surface area contributed by atoms with E-state index in [1.807, 2.05) is 55.5 Å². The molecule has 0 unspecified atom stereocenters. The van der Waals surface area contributed by atoms with Crippen molar-refractivity contribution in [1.82, 2.24) is 25.0 Å². The normalized spacial score (nSPS) is 14.7. The average molecular weight is 469 g/mol. The van der Waals surface area contributed by atoms with Crippen LogP contribution in [0.5, 0.6) is 11.5 Å². The third kappa shape index (κ3) is 4.23. The molecule has 35 heavy (non-hydrogen) atoms. The summed E-state index contributed by atoms with van der Waals surface area (Å²) in [5.74, 6) is 1.67. The lowest BCUT2D eigenvalue weighted by Crippen LogP contribution is -2.25. The number of aryl methyl sites for hydroxylation is 1. The summed E-state index contributed by atoms with van der Waals surface area (Å²) in [5, 5.41) is 16.0. The van der Waals surface area contributed by atoms with E-state index < -0.39 is 0 Å². The molecule has 4 aromatic rings. The number of benzene rings is 2. The van der Waals surface area contributed by atoms with Gasteiger partial charge in [0.25, 0.3) is 5.95 Å². The zero-order valence-corrected chi connectivity index (χ0v) is 19.4. The van der Waals surface area contributed by atoms with Crippen LogP contribution in [0.1, 0.15) is 29.2 Å². The average Bonchev–Trinajstić information content (AvgIpc) is 3.23. The van der Waals surface area contributed by atoms with Gasteiger partial charge in [-0.3, -0.25) is 4.79 Å². The maximum absolute atomic E-state index is 12.8. The number of carbonyl (C=O) groups excluding carboxylic acids is 1. The van der Waals surface area contributed by atoms with Crippen LogP contribution >= 0.6 is 0 Å². The molecule has 5 rings (SSSR count). The molecule has 1 atom stereocenters. The lowest BCUT2D eigenvalue weighted by molar-refractivity contribution is -0.116. The quantitative estimate of drug-likeness (QED) is 0.408. The number of methoxy groups -OCH3 is 1. The molecule has 0 fully saturated rings. The van der Waals surface area contributed by atoms with Gasteiger partial charge in [-0.15, -0.1) is 5.10 Å². The molecule has 2 aromatic heterocycles. The Balaban J connectivity index is 1.58. The number of aromatic nitrogens is 5. The summed E-state index contributed by atoms with van der Waals surface area (Å²) in [4.78, 5) is 17.5. The number of anilines is 1. The van der Waals surface area contributed by atoms with Gasteiger partial charge in [0.1, 0.15) is 12.4 Å². The topological polar surface area (TPSA) is 104 Å². The summed E-state index contributed by atoms with van der Waals surface area (Å²) in [7, 11) is 1.59. The van der Waals surface area contributed by atoms with Crippen molar-refractivity contribution in [1.29, 1.82) is 0 Å². The smallest absolute Gasteiger partial charge is 0.272 e. The molecule has 0 saturated carbocycles. The van der Waals surface area contributed by atoms with Crippen molar-refractivity contribution in [3.05, 3.63) is 84.2 Å². The highest BCUT2D eigenvalue weighted by Crippen LogP contribution is 2.42. The third-order valence-corrected chi connectivity index (χ3v) is 5.86. The highest BCUT2D eigenvalue weighted by atomic mass is 16.5. The monoisotopic (exact) mass is 468 g/mol. The van der Waals surface area contributed by atoms with E-state index in [2.05, 4.69) is 32.2 Å². The molecule has 0 bridgehead atoms. The van der Waals surface area contributed by atoms with Gasteiger partial charge in [-0.05, 0) is 24.6 Å². The summed E-state index contributed by atoms with van der Waals surface area (Å²) in [6, 6.07) is 15.4. The van der Waals surface area contributed by atoms with Crippen LogP contribution in [-0.4, -0.2) is 44.6 Å². The number of rotatable bonds is 7. The Morgan fingerprint density at radius 1 is 1.20 bits per heavy atom. The van der Waals surface area contributed by atoms with E-state index in [0.29, 0.717) is 29.6 Å². The molecule has 3 heterocycles. The molecule has 0 aliphatic carbocycles. The molecule has 0 saturated heterocycles. The number of fused-ring (bicyclic) bond motifs is 1. The summed E-state index contributed by atoms with van der Waals surface area (Å²) >= 11 is 0. The first-order chi connectivity index (χ1) is 17.1. The first-order valence-corrected chi connectivity index (χ1v) is 11.2. The standard InChI is InChI=1S/C26H24N6O3/c1-4-12-35-22-13-18(10-11-21(22)34-3)19-14-23(33)29-25-24(19)16(2)31-32(25)26-28-20(15-27-30-26)17-8-6-5-7-9-17/h4-11,13,15,19H,1,12,14H2,2-3H3,(H,29,33)/t19-/m1/s1. The fourth-order valence-corrected chi connectivity index (χ4v) is 4.28. The van der Waals surface area contributed by atoms with Gasteiger partial charge < -0.3 is 14.8 Å². The fraction of sp³-hybridized carbons (Fsp3) is 0.192. The predicted molar refractivity (Wildman–Crippen MR) is 131 cm³/mol. The lowest BCUT2D eigenvalue weighted by atomic mass is 9.85. The molecule has 9 nitrogen and oxygen atoms in total. The van der Waals surface area contributed by atoms with Gasteiger partial charge in [0.05, 0.1) is 24.7 Å². The highest BCUT2D eigenvalue weighted by molar-refractivity contribution is 5.95. The Morgan fingerprint density at radius 2 is 2.03 bits per heavy atom. The molecule has 2 aromatic carbocycles. The number of nitrogens with zero attached hydrogens (tertiary/aromatic N) is 5. The molecule has 1 amide bonds. The van der Waals surface area contributed by atoms with Crippen LogP contribution in [0.15, 0.2) is 67.4 Å². The second-order valence-corrected chi connectivity index (χ2v) is 8.08. The summed E-state index contributed by atoms with van der Waals surface area (Å²) in [6.45, 7) is 5.96. The Hall–Kier alpha value is -4.53. The number of ether oxygens (including phenoxy) is 2. The number of carbonyl (C=O) groups is 1. The van der Waals surface area contributed by atoms with Crippen LogP contribution in [0, 0.1) is 6.92 Å². The van der Waals surface area contributed by atoms with Crippen molar-refractivity contribution in [2.75, 3.05) is 19.0 Å². The van der Waals surface area contributed by atoms with Crippen LogP contribution in [0.4, 0.5) is 5.82 Å². The van der Waals surface area contributed by atoms with Crippen LogP contribution in [0.2, 0.25) is 0 Å². The van der Waals surface area contributed by atoms with Crippen molar-refractivity contribution in [3.63, 3.8) is 0 Å². The van der Waals surface area contributed by atoms with Crippen molar-refractivity contribution in [2.45, 2.75) is 19.3 Å². The number of hydrogen-bond acceptors (Lipinski definition) is 7. The lowest BCUT2D eigenvalue weighted by Gasteiger charge is -2.25. The van der Waals surface area contributed by atoms with Gasteiger partial charge in [0.2, 0.25) is 5.91 Å². The second-order valence-electron chi connectivity index (χ2n) is 8.08. The van der Waals surface area contributed by atoms with Crippen molar-refractivity contribution >= 4 is 11.7 Å².